The molecule has 0 aromatic heterocycles. The molecule has 36 heavy (non-hydrogen) atoms. The standard InChI is InChI=1S/C32H36ClN2.ClH/c1-31(2)24-14-7-9-16-26(24)34(5)28(31)20-18-22-12-11-13-23(30(22)33)19-21-29-32(3,4)25-15-8-10-17-27(25)35(29)6;/h7-10,14-21H,11-13H2,1-6H3;1H/q+1;/p-1. The fraction of sp³-hybridized carbons (Fsp3) is 0.344. The number of fused-ring (bicyclic) bond motifs is 2. The Bertz CT molecular complexity index is 1350. The van der Waals surface area contributed by atoms with Crippen LogP contribution in [0.1, 0.15) is 58.1 Å². The van der Waals surface area contributed by atoms with Crippen LogP contribution in [0.15, 0.2) is 94.7 Å². The molecule has 0 radical (unpaired) electrons. The second-order valence-corrected chi connectivity index (χ2v) is 11.4. The van der Waals surface area contributed by atoms with Crippen molar-refractivity contribution in [2.75, 3.05) is 19.0 Å². The van der Waals surface area contributed by atoms with Gasteiger partial charge in [0.25, 0.3) is 0 Å². The van der Waals surface area contributed by atoms with E-state index in [9.17, 15) is 0 Å². The number of allylic oxidation sites excluding steroid dienone is 8. The minimum absolute atomic E-state index is 0. The molecule has 188 valence electrons. The van der Waals surface area contributed by atoms with Crippen molar-refractivity contribution < 1.29 is 17.0 Å². The summed E-state index contributed by atoms with van der Waals surface area (Å²) in [5, 5.41) is 0.914. The molecule has 0 saturated carbocycles. The highest BCUT2D eigenvalue weighted by molar-refractivity contribution is 6.32. The molecular formula is C32H36Cl2N2. The van der Waals surface area contributed by atoms with E-state index in [-0.39, 0.29) is 23.2 Å². The van der Waals surface area contributed by atoms with Gasteiger partial charge in [0, 0.05) is 46.6 Å². The molecule has 0 unspecified atom stereocenters. The maximum absolute atomic E-state index is 7.01. The lowest BCUT2D eigenvalue weighted by molar-refractivity contribution is -0.401. The summed E-state index contributed by atoms with van der Waals surface area (Å²) in [6, 6.07) is 17.4. The number of benzene rings is 2. The van der Waals surface area contributed by atoms with Crippen LogP contribution in [0.5, 0.6) is 0 Å². The third-order valence-corrected chi connectivity index (χ3v) is 8.71. The molecule has 2 aromatic rings. The molecule has 2 aromatic carbocycles. The van der Waals surface area contributed by atoms with E-state index in [0.29, 0.717) is 0 Å². The van der Waals surface area contributed by atoms with Crippen LogP contribution < -0.4 is 17.3 Å². The van der Waals surface area contributed by atoms with E-state index in [1.807, 2.05) is 0 Å². The van der Waals surface area contributed by atoms with Gasteiger partial charge >= 0.3 is 0 Å². The Morgan fingerprint density at radius 1 is 0.861 bits per heavy atom. The lowest BCUT2D eigenvalue weighted by Crippen LogP contribution is -3.00. The highest BCUT2D eigenvalue weighted by atomic mass is 35.5. The van der Waals surface area contributed by atoms with Crippen molar-refractivity contribution >= 4 is 28.7 Å². The van der Waals surface area contributed by atoms with Gasteiger partial charge in [0.1, 0.15) is 7.05 Å². The van der Waals surface area contributed by atoms with Gasteiger partial charge in [0.05, 0.1) is 5.41 Å². The van der Waals surface area contributed by atoms with Crippen LogP contribution >= 0.6 is 11.6 Å². The Hall–Kier alpha value is -2.55. The largest absolute Gasteiger partial charge is 1.00 e. The van der Waals surface area contributed by atoms with Crippen molar-refractivity contribution in [1.29, 1.82) is 0 Å². The molecule has 0 spiro atoms. The second kappa shape index (κ2) is 9.72. The fourth-order valence-corrected chi connectivity index (χ4v) is 6.49. The van der Waals surface area contributed by atoms with Gasteiger partial charge in [-0.2, -0.15) is 4.58 Å². The molecule has 4 heteroatoms. The minimum atomic E-state index is -0.0275. The summed E-state index contributed by atoms with van der Waals surface area (Å²) in [6.45, 7) is 9.23. The second-order valence-electron chi connectivity index (χ2n) is 11.1. The van der Waals surface area contributed by atoms with Crippen LogP contribution in [-0.4, -0.2) is 24.4 Å². The summed E-state index contributed by atoms with van der Waals surface area (Å²) in [6.07, 6.45) is 12.2. The van der Waals surface area contributed by atoms with Crippen LogP contribution in [0.25, 0.3) is 0 Å². The Balaban J connectivity index is 0.00000304. The van der Waals surface area contributed by atoms with Gasteiger partial charge in [-0.15, -0.1) is 0 Å². The normalized spacial score (nSPS) is 22.5. The third kappa shape index (κ3) is 4.19. The first-order valence-corrected chi connectivity index (χ1v) is 13.0. The van der Waals surface area contributed by atoms with E-state index in [1.54, 1.807) is 0 Å². The maximum atomic E-state index is 7.01. The lowest BCUT2D eigenvalue weighted by atomic mass is 9.81. The molecule has 0 amide bonds. The molecular weight excluding hydrogens is 483 g/mol. The Morgan fingerprint density at radius 2 is 1.53 bits per heavy atom. The highest BCUT2D eigenvalue weighted by Gasteiger charge is 2.42. The van der Waals surface area contributed by atoms with Gasteiger partial charge in [-0.05, 0) is 62.0 Å². The fourth-order valence-electron chi connectivity index (χ4n) is 6.17. The smallest absolute Gasteiger partial charge is 0.209 e. The first kappa shape index (κ1) is 26.5. The van der Waals surface area contributed by atoms with Crippen LogP contribution in [-0.2, 0) is 10.8 Å². The van der Waals surface area contributed by atoms with E-state index in [2.05, 4.69) is 124 Å². The first-order chi connectivity index (χ1) is 16.6. The Labute approximate surface area is 227 Å². The van der Waals surface area contributed by atoms with Gasteiger partial charge in [-0.1, -0.05) is 74.0 Å². The van der Waals surface area contributed by atoms with Crippen molar-refractivity contribution in [2.24, 2.45) is 0 Å². The zero-order valence-electron chi connectivity index (χ0n) is 22.2. The van der Waals surface area contributed by atoms with E-state index in [1.165, 1.54) is 45.1 Å². The summed E-state index contributed by atoms with van der Waals surface area (Å²) < 4.78 is 2.32. The van der Waals surface area contributed by atoms with Gasteiger partial charge in [-0.3, -0.25) is 0 Å². The minimum Gasteiger partial charge on any atom is -1.00 e. The third-order valence-electron chi connectivity index (χ3n) is 8.22. The van der Waals surface area contributed by atoms with Gasteiger partial charge in [0.15, 0.2) is 5.71 Å². The monoisotopic (exact) mass is 518 g/mol. The first-order valence-electron chi connectivity index (χ1n) is 12.7. The summed E-state index contributed by atoms with van der Waals surface area (Å²) in [5.41, 5.74) is 10.4. The highest BCUT2D eigenvalue weighted by Crippen LogP contribution is 2.47. The molecule has 0 fully saturated rings. The van der Waals surface area contributed by atoms with Crippen LogP contribution in [0.4, 0.5) is 11.4 Å². The van der Waals surface area contributed by atoms with Crippen LogP contribution in [0.3, 0.4) is 0 Å². The Morgan fingerprint density at radius 3 is 2.22 bits per heavy atom. The maximum Gasteiger partial charge on any atom is 0.209 e. The average molecular weight is 520 g/mol. The predicted octanol–water partition coefficient (Wildman–Crippen LogP) is 5.17. The number of rotatable bonds is 3. The summed E-state index contributed by atoms with van der Waals surface area (Å²) in [5.74, 6) is 0. The van der Waals surface area contributed by atoms with Crippen molar-refractivity contribution in [1.82, 2.24) is 0 Å². The Kier molecular flexibility index (Phi) is 7.16. The number of hydrogen-bond acceptors (Lipinski definition) is 1. The molecule has 0 saturated heterocycles. The van der Waals surface area contributed by atoms with Crippen molar-refractivity contribution in [3.63, 3.8) is 0 Å². The number of para-hydroxylation sites is 2. The van der Waals surface area contributed by atoms with Crippen molar-refractivity contribution in [2.45, 2.75) is 57.8 Å². The van der Waals surface area contributed by atoms with E-state index >= 15 is 0 Å². The van der Waals surface area contributed by atoms with E-state index in [0.717, 1.165) is 24.3 Å². The summed E-state index contributed by atoms with van der Waals surface area (Å²) >= 11 is 7.01. The van der Waals surface area contributed by atoms with Gasteiger partial charge < -0.3 is 17.3 Å². The number of hydrogen-bond donors (Lipinski definition) is 0. The number of halogens is 2. The molecule has 2 aliphatic heterocycles. The van der Waals surface area contributed by atoms with E-state index in [4.69, 9.17) is 11.6 Å². The average Bonchev–Trinajstić information content (AvgIpc) is 3.16. The quantitative estimate of drug-likeness (QED) is 0.508. The summed E-state index contributed by atoms with van der Waals surface area (Å²) in [4.78, 5) is 2.32. The molecule has 0 atom stereocenters. The lowest BCUT2D eigenvalue weighted by Gasteiger charge is -2.24. The molecule has 2 nitrogen and oxygen atoms in total. The number of nitrogens with zero attached hydrogens (tertiary/aromatic N) is 2. The van der Waals surface area contributed by atoms with Crippen molar-refractivity contribution in [3.8, 4) is 0 Å². The molecule has 5 rings (SSSR count). The molecule has 0 N–H and O–H groups in total. The zero-order chi connectivity index (χ0) is 25.0. The molecule has 1 aliphatic carbocycles. The number of likely N-dealkylation sites (N-methyl/N-ethyl adjacent to an activating group) is 1. The van der Waals surface area contributed by atoms with Crippen LogP contribution in [0.2, 0.25) is 0 Å². The molecule has 0 bridgehead atoms. The van der Waals surface area contributed by atoms with Gasteiger partial charge in [0.2, 0.25) is 5.69 Å². The van der Waals surface area contributed by atoms with E-state index < -0.39 is 0 Å². The molecule has 2 heterocycles. The van der Waals surface area contributed by atoms with Gasteiger partial charge in [-0.25, -0.2) is 0 Å². The number of anilines is 1. The van der Waals surface area contributed by atoms with Crippen molar-refractivity contribution in [3.05, 3.63) is 106 Å². The zero-order valence-corrected chi connectivity index (χ0v) is 23.7. The summed E-state index contributed by atoms with van der Waals surface area (Å²) in [7, 11) is 4.33. The SMILES string of the molecule is CN1C(=CC=C2CCCC(C=CC3=[N+](C)c4ccccc4C3(C)C)=C2Cl)C(C)(C)c2ccccc21.[Cl-]. The molecule has 3 aliphatic rings. The van der Waals surface area contributed by atoms with Crippen LogP contribution in [0, 0.1) is 0 Å². The predicted molar refractivity (Wildman–Crippen MR) is 150 cm³/mol. The topological polar surface area (TPSA) is 6.25 Å².